The van der Waals surface area contributed by atoms with Crippen LogP contribution in [0.5, 0.6) is 5.75 Å². The van der Waals surface area contributed by atoms with E-state index < -0.39 is 6.10 Å². The molecule has 0 aliphatic rings. The number of phenolic OH excluding ortho intramolecular Hbond substituents is 1. The molecule has 1 unspecified atom stereocenters. The number of para-hydroxylation sites is 1. The minimum absolute atomic E-state index is 0.0640. The van der Waals surface area contributed by atoms with E-state index in [0.717, 1.165) is 38.5 Å². The van der Waals surface area contributed by atoms with Gasteiger partial charge in [-0.15, -0.1) is 0 Å². The van der Waals surface area contributed by atoms with Gasteiger partial charge in [-0.2, -0.15) is 0 Å². The van der Waals surface area contributed by atoms with Crippen molar-refractivity contribution in [1.29, 1.82) is 0 Å². The summed E-state index contributed by atoms with van der Waals surface area (Å²) in [7, 11) is 0. The third-order valence-electron chi connectivity index (χ3n) is 5.89. The molecule has 6 nitrogen and oxygen atoms in total. The summed E-state index contributed by atoms with van der Waals surface area (Å²) in [6.45, 7) is 5.25. The van der Waals surface area contributed by atoms with Crippen LogP contribution in [0.4, 0.5) is 0 Å². The van der Waals surface area contributed by atoms with Gasteiger partial charge in [-0.3, -0.25) is 9.59 Å². The highest BCUT2D eigenvalue weighted by Crippen LogP contribution is 2.14. The van der Waals surface area contributed by atoms with E-state index in [-0.39, 0.29) is 29.7 Å². The first-order valence-electron chi connectivity index (χ1n) is 14.0. The van der Waals surface area contributed by atoms with Crippen LogP contribution in [-0.2, 0) is 9.53 Å². The molecule has 37 heavy (non-hydrogen) atoms. The number of hydrogen-bond acceptors (Lipinski definition) is 4. The first-order valence-corrected chi connectivity index (χ1v) is 14.0. The molecule has 0 spiro atoms. The van der Waals surface area contributed by atoms with Crippen LogP contribution in [0.25, 0.3) is 0 Å². The molecular formula is C31H48N2O4. The van der Waals surface area contributed by atoms with E-state index in [2.05, 4.69) is 54.0 Å². The Morgan fingerprint density at radius 2 is 1.46 bits per heavy atom. The van der Waals surface area contributed by atoms with Gasteiger partial charge >= 0.3 is 0 Å². The average Bonchev–Trinajstić information content (AvgIpc) is 2.90. The van der Waals surface area contributed by atoms with Gasteiger partial charge in [0.2, 0.25) is 5.91 Å². The summed E-state index contributed by atoms with van der Waals surface area (Å²) in [5.74, 6) is -0.590. The van der Waals surface area contributed by atoms with Gasteiger partial charge in [0.15, 0.2) is 0 Å². The van der Waals surface area contributed by atoms with Gasteiger partial charge in [-0.05, 0) is 57.1 Å². The van der Waals surface area contributed by atoms with Gasteiger partial charge in [-0.1, -0.05) is 88.1 Å². The Hall–Kier alpha value is -2.86. The molecule has 2 amide bonds. The fourth-order valence-corrected chi connectivity index (χ4v) is 3.74. The molecule has 206 valence electrons. The zero-order chi connectivity index (χ0) is 27.0. The quantitative estimate of drug-likeness (QED) is 0.128. The second-order valence-corrected chi connectivity index (χ2v) is 9.04. The molecule has 1 aromatic carbocycles. The molecule has 0 aromatic heterocycles. The molecule has 0 radical (unpaired) electrons. The second kappa shape index (κ2) is 22.3. The molecule has 0 aliphatic carbocycles. The van der Waals surface area contributed by atoms with Gasteiger partial charge in [0.1, 0.15) is 11.9 Å². The molecule has 1 aromatic rings. The second-order valence-electron chi connectivity index (χ2n) is 9.04. The van der Waals surface area contributed by atoms with Crippen molar-refractivity contribution in [3.63, 3.8) is 0 Å². The van der Waals surface area contributed by atoms with Crippen LogP contribution in [-0.4, -0.2) is 42.7 Å². The zero-order valence-electron chi connectivity index (χ0n) is 22.9. The normalized spacial score (nSPS) is 12.5. The number of aromatic hydroxyl groups is 1. The lowest BCUT2D eigenvalue weighted by Gasteiger charge is -2.16. The molecule has 1 atom stereocenters. The fraction of sp³-hybridized carbons (Fsp3) is 0.548. The number of unbranched alkanes of at least 4 members (excludes halogenated alkanes) is 6. The molecule has 6 heteroatoms. The first kappa shape index (κ1) is 32.2. The van der Waals surface area contributed by atoms with E-state index in [4.69, 9.17) is 4.74 Å². The number of rotatable bonds is 21. The topological polar surface area (TPSA) is 87.7 Å². The molecule has 0 heterocycles. The van der Waals surface area contributed by atoms with E-state index in [0.29, 0.717) is 19.6 Å². The minimum atomic E-state index is -0.469. The Morgan fingerprint density at radius 1 is 0.838 bits per heavy atom. The number of hydrogen-bond donors (Lipinski definition) is 3. The van der Waals surface area contributed by atoms with Crippen molar-refractivity contribution in [3.8, 4) is 5.75 Å². The average molecular weight is 513 g/mol. The molecule has 0 saturated carbocycles. The highest BCUT2D eigenvalue weighted by atomic mass is 16.5. The molecule has 0 aliphatic heterocycles. The highest BCUT2D eigenvalue weighted by molar-refractivity contribution is 5.96. The van der Waals surface area contributed by atoms with Crippen molar-refractivity contribution >= 4 is 11.8 Å². The Bertz CT molecular complexity index is 832. The summed E-state index contributed by atoms with van der Waals surface area (Å²) in [6.07, 6.45) is 24.8. The van der Waals surface area contributed by atoms with Crippen molar-refractivity contribution in [3.05, 3.63) is 66.3 Å². The summed E-state index contributed by atoms with van der Waals surface area (Å²) in [6, 6.07) is 6.36. The van der Waals surface area contributed by atoms with Crippen LogP contribution in [0.2, 0.25) is 0 Å². The van der Waals surface area contributed by atoms with Gasteiger partial charge in [0.05, 0.1) is 5.56 Å². The van der Waals surface area contributed by atoms with E-state index in [9.17, 15) is 14.7 Å². The zero-order valence-corrected chi connectivity index (χ0v) is 22.9. The maximum atomic E-state index is 12.3. The van der Waals surface area contributed by atoms with Crippen LogP contribution in [0.3, 0.4) is 0 Å². The predicted molar refractivity (Wildman–Crippen MR) is 153 cm³/mol. The van der Waals surface area contributed by atoms with Crippen molar-refractivity contribution in [2.24, 2.45) is 0 Å². The summed E-state index contributed by atoms with van der Waals surface area (Å²) in [5.41, 5.74) is 0.218. The molecule has 0 bridgehead atoms. The Labute approximate surface area is 224 Å². The fourth-order valence-electron chi connectivity index (χ4n) is 3.74. The Kier molecular flexibility index (Phi) is 19.4. The summed E-state index contributed by atoms with van der Waals surface area (Å²) < 4.78 is 5.78. The smallest absolute Gasteiger partial charge is 0.255 e. The van der Waals surface area contributed by atoms with Gasteiger partial charge < -0.3 is 20.5 Å². The van der Waals surface area contributed by atoms with E-state index in [1.165, 1.54) is 31.7 Å². The number of allylic oxidation sites excluding steroid dienone is 6. The number of nitrogens with one attached hydrogen (secondary N) is 2. The minimum Gasteiger partial charge on any atom is -0.507 e. The molecule has 3 N–H and O–H groups in total. The lowest BCUT2D eigenvalue weighted by Crippen LogP contribution is -2.40. The third-order valence-corrected chi connectivity index (χ3v) is 5.89. The maximum Gasteiger partial charge on any atom is 0.255 e. The Balaban J connectivity index is 2.00. The van der Waals surface area contributed by atoms with Crippen LogP contribution in [0.15, 0.2) is 60.7 Å². The van der Waals surface area contributed by atoms with Crippen LogP contribution in [0.1, 0.15) is 94.8 Å². The molecular weight excluding hydrogens is 464 g/mol. The van der Waals surface area contributed by atoms with Crippen LogP contribution < -0.4 is 10.6 Å². The van der Waals surface area contributed by atoms with Gasteiger partial charge in [0.25, 0.3) is 5.91 Å². The first-order chi connectivity index (χ1) is 18.1. The van der Waals surface area contributed by atoms with E-state index in [1.54, 1.807) is 18.2 Å². The van der Waals surface area contributed by atoms with Crippen molar-refractivity contribution in [2.45, 2.75) is 90.6 Å². The van der Waals surface area contributed by atoms with E-state index in [1.807, 2.05) is 6.92 Å². The third kappa shape index (κ3) is 16.5. The van der Waals surface area contributed by atoms with Crippen molar-refractivity contribution in [2.75, 3.05) is 19.7 Å². The number of carbonyl (C=O) groups is 2. The maximum absolute atomic E-state index is 12.3. The number of benzene rings is 1. The van der Waals surface area contributed by atoms with Crippen molar-refractivity contribution in [1.82, 2.24) is 10.6 Å². The lowest BCUT2D eigenvalue weighted by atomic mass is 10.1. The SMILES string of the molecule is CCC=CCC=CCC=CCCCCCCCCOC(CC)C(=O)NCCNC(=O)c1ccccc1O. The van der Waals surface area contributed by atoms with Gasteiger partial charge in [0, 0.05) is 19.7 Å². The molecule has 1 rings (SSSR count). The van der Waals surface area contributed by atoms with Crippen LogP contribution in [0, 0.1) is 0 Å². The number of ether oxygens (including phenoxy) is 1. The highest BCUT2D eigenvalue weighted by Gasteiger charge is 2.16. The molecule has 0 saturated heterocycles. The number of amides is 2. The van der Waals surface area contributed by atoms with Gasteiger partial charge in [-0.25, -0.2) is 0 Å². The van der Waals surface area contributed by atoms with E-state index >= 15 is 0 Å². The summed E-state index contributed by atoms with van der Waals surface area (Å²) in [5, 5.41) is 15.2. The lowest BCUT2D eigenvalue weighted by molar-refractivity contribution is -0.133. The summed E-state index contributed by atoms with van der Waals surface area (Å²) >= 11 is 0. The Morgan fingerprint density at radius 3 is 2.16 bits per heavy atom. The van der Waals surface area contributed by atoms with Crippen LogP contribution >= 0.6 is 0 Å². The predicted octanol–water partition coefficient (Wildman–Crippen LogP) is 6.62. The van der Waals surface area contributed by atoms with Crippen molar-refractivity contribution < 1.29 is 19.4 Å². The molecule has 0 fully saturated rings. The number of carbonyl (C=O) groups excluding carboxylic acids is 2. The largest absolute Gasteiger partial charge is 0.507 e. The standard InChI is InChI=1S/C31H48N2O4/c1-3-5-6-7-8-9-10-11-12-13-14-15-16-17-18-21-26-37-29(4-2)31(36)33-25-24-32-30(35)27-22-19-20-23-28(27)34/h5-6,8-9,11-12,19-20,22-23,29,34H,3-4,7,10,13-18,21,24-26H2,1-2H3,(H,32,35)(H,33,36). The monoisotopic (exact) mass is 512 g/mol. The number of phenols is 1. The summed E-state index contributed by atoms with van der Waals surface area (Å²) in [4.78, 5) is 24.4.